The highest BCUT2D eigenvalue weighted by atomic mass is 16.5. The fourth-order valence-electron chi connectivity index (χ4n) is 3.12. The molecule has 0 unspecified atom stereocenters. The Kier molecular flexibility index (Phi) is 5.02. The number of hydrazine groups is 2. The Morgan fingerprint density at radius 3 is 2.67 bits per heavy atom. The second kappa shape index (κ2) is 7.75. The molecule has 140 valence electrons. The summed E-state index contributed by atoms with van der Waals surface area (Å²) in [6.45, 7) is 1.16. The van der Waals surface area contributed by atoms with Gasteiger partial charge in [-0.15, -0.1) is 0 Å². The zero-order valence-electron chi connectivity index (χ0n) is 15.5. The number of nitrogens with one attached hydrogen (secondary N) is 3. The number of ether oxygens (including phenoxy) is 1. The van der Waals surface area contributed by atoms with Gasteiger partial charge in [0.1, 0.15) is 12.1 Å². The van der Waals surface area contributed by atoms with Gasteiger partial charge < -0.3 is 9.72 Å². The van der Waals surface area contributed by atoms with Crippen molar-refractivity contribution >= 4 is 21.8 Å². The van der Waals surface area contributed by atoms with Crippen molar-refractivity contribution in [3.8, 4) is 17.1 Å². The topological polar surface area (TPSA) is 65.2 Å². The number of pyridine rings is 1. The fourth-order valence-corrected chi connectivity index (χ4v) is 3.12. The van der Waals surface area contributed by atoms with E-state index in [4.69, 9.17) is 9.72 Å². The number of hydrogen-bond acceptors (Lipinski definition) is 5. The van der Waals surface area contributed by atoms with Gasteiger partial charge in [0, 0.05) is 43.9 Å². The van der Waals surface area contributed by atoms with Gasteiger partial charge in [-0.1, -0.05) is 48.5 Å². The van der Waals surface area contributed by atoms with Crippen LogP contribution in [-0.4, -0.2) is 42.3 Å². The van der Waals surface area contributed by atoms with Crippen molar-refractivity contribution < 1.29 is 6.16 Å². The molecule has 27 heavy (non-hydrogen) atoms. The van der Waals surface area contributed by atoms with E-state index in [9.17, 15) is 0 Å². The summed E-state index contributed by atoms with van der Waals surface area (Å²) in [5, 5.41) is 4.08. The minimum atomic E-state index is 0. The molecule has 0 spiro atoms. The summed E-state index contributed by atoms with van der Waals surface area (Å²) < 4.78 is 6.05. The predicted molar refractivity (Wildman–Crippen MR) is 111 cm³/mol. The van der Waals surface area contributed by atoms with E-state index in [2.05, 4.69) is 52.2 Å². The van der Waals surface area contributed by atoms with Gasteiger partial charge in [0.2, 0.25) is 5.88 Å². The van der Waals surface area contributed by atoms with E-state index in [1.807, 2.05) is 38.4 Å². The molecule has 0 aliphatic heterocycles. The molecule has 3 N–H and O–H groups in total. The van der Waals surface area contributed by atoms with Gasteiger partial charge in [-0.3, -0.25) is 0 Å². The van der Waals surface area contributed by atoms with Gasteiger partial charge in [0.15, 0.2) is 0 Å². The molecular weight excluding hydrogens is 338 g/mol. The van der Waals surface area contributed by atoms with E-state index in [1.54, 1.807) is 5.12 Å². The number of aromatic amines is 1. The average Bonchev–Trinajstić information content (AvgIpc) is 3.10. The van der Waals surface area contributed by atoms with Crippen LogP contribution in [0.25, 0.3) is 33.1 Å². The van der Waals surface area contributed by atoms with Crippen molar-refractivity contribution in [2.45, 2.75) is 0 Å². The first-order valence-corrected chi connectivity index (χ1v) is 9.00. The van der Waals surface area contributed by atoms with Crippen LogP contribution in [-0.2, 0) is 0 Å². The molecule has 6 heteroatoms. The number of hydrogen-bond donors (Lipinski definition) is 3. The Morgan fingerprint density at radius 1 is 1.07 bits per heavy atom. The quantitative estimate of drug-likeness (QED) is 0.346. The molecule has 0 aliphatic rings. The Balaban J connectivity index is 0.00000225. The van der Waals surface area contributed by atoms with Gasteiger partial charge in [-0.05, 0) is 12.1 Å². The summed E-state index contributed by atoms with van der Waals surface area (Å²) in [5.74, 6) is 0.622. The van der Waals surface area contributed by atoms with Crippen molar-refractivity contribution in [2.75, 3.05) is 27.2 Å². The molecule has 0 fully saturated rings. The van der Waals surface area contributed by atoms with E-state index >= 15 is 0 Å². The molecular formula is C21H25N5O. The van der Waals surface area contributed by atoms with Gasteiger partial charge in [-0.25, -0.2) is 15.8 Å². The third kappa shape index (κ3) is 3.64. The van der Waals surface area contributed by atoms with Crippen LogP contribution in [0.5, 0.6) is 5.88 Å². The van der Waals surface area contributed by atoms with Crippen molar-refractivity contribution in [1.29, 1.82) is 0 Å². The number of nitrogens with zero attached hydrogens (tertiary/aromatic N) is 2. The minimum Gasteiger partial charge on any atom is -0.475 e. The number of fused-ring (bicyclic) bond motifs is 3. The lowest BCUT2D eigenvalue weighted by molar-refractivity contribution is 0.155. The number of H-pyrrole nitrogens is 1. The van der Waals surface area contributed by atoms with E-state index in [0.29, 0.717) is 19.0 Å². The van der Waals surface area contributed by atoms with Crippen molar-refractivity contribution in [3.63, 3.8) is 0 Å². The zero-order valence-corrected chi connectivity index (χ0v) is 15.5. The maximum atomic E-state index is 6.05. The van der Waals surface area contributed by atoms with E-state index < -0.39 is 0 Å². The van der Waals surface area contributed by atoms with Crippen LogP contribution < -0.4 is 15.6 Å². The second-order valence-electron chi connectivity index (χ2n) is 6.31. The Hall–Kier alpha value is -2.93. The molecule has 0 atom stereocenters. The minimum absolute atomic E-state index is 0. The van der Waals surface area contributed by atoms with Gasteiger partial charge in [-0.2, -0.15) is 5.12 Å². The summed E-state index contributed by atoms with van der Waals surface area (Å²) in [6.07, 6.45) is 0. The highest BCUT2D eigenvalue weighted by molar-refractivity contribution is 6.09. The van der Waals surface area contributed by atoms with Crippen LogP contribution in [0.1, 0.15) is 1.43 Å². The molecule has 0 radical (unpaired) electrons. The lowest BCUT2D eigenvalue weighted by Gasteiger charge is -2.16. The molecule has 6 nitrogen and oxygen atoms in total. The summed E-state index contributed by atoms with van der Waals surface area (Å²) in [5.41, 5.74) is 10.2. The van der Waals surface area contributed by atoms with Gasteiger partial charge in [0.25, 0.3) is 0 Å². The number of para-hydroxylation sites is 1. The summed E-state index contributed by atoms with van der Waals surface area (Å²) >= 11 is 0. The first kappa shape index (κ1) is 17.5. The Morgan fingerprint density at radius 2 is 1.85 bits per heavy atom. The Bertz CT molecular complexity index is 1050. The molecule has 2 aromatic carbocycles. The molecule has 4 aromatic rings. The molecule has 0 amide bonds. The fraction of sp³-hybridized carbons (Fsp3) is 0.190. The van der Waals surface area contributed by atoms with Crippen LogP contribution in [0.15, 0.2) is 60.7 Å². The molecule has 0 saturated carbocycles. The molecule has 0 saturated heterocycles. The molecule has 0 aliphatic carbocycles. The summed E-state index contributed by atoms with van der Waals surface area (Å²) in [7, 11) is 3.76. The number of benzene rings is 2. The first-order valence-electron chi connectivity index (χ1n) is 9.00. The van der Waals surface area contributed by atoms with Crippen molar-refractivity contribution in [3.05, 3.63) is 60.7 Å². The van der Waals surface area contributed by atoms with Crippen LogP contribution in [0.4, 0.5) is 0 Å². The zero-order chi connectivity index (χ0) is 18.6. The first-order chi connectivity index (χ1) is 13.3. The molecule has 2 aromatic heterocycles. The molecule has 4 rings (SSSR count). The summed E-state index contributed by atoms with van der Waals surface area (Å²) in [6, 6.07) is 20.6. The Labute approximate surface area is 159 Å². The third-order valence-electron chi connectivity index (χ3n) is 4.56. The lowest BCUT2D eigenvalue weighted by Crippen LogP contribution is -2.44. The summed E-state index contributed by atoms with van der Waals surface area (Å²) in [4.78, 5) is 8.25. The SMILES string of the molecule is CNN(C)NCCOc1nc(-c2ccccc2)cc2c1[nH]c1ccccc12.[HH]. The monoisotopic (exact) mass is 363 g/mol. The van der Waals surface area contributed by atoms with Crippen molar-refractivity contribution in [2.24, 2.45) is 0 Å². The van der Waals surface area contributed by atoms with Crippen LogP contribution in [0, 0.1) is 0 Å². The highest BCUT2D eigenvalue weighted by Crippen LogP contribution is 2.33. The average molecular weight is 363 g/mol. The molecule has 0 bridgehead atoms. The predicted octanol–water partition coefficient (Wildman–Crippen LogP) is 3.58. The number of rotatable bonds is 7. The van der Waals surface area contributed by atoms with Crippen LogP contribution >= 0.6 is 0 Å². The normalized spacial score (nSPS) is 11.5. The third-order valence-corrected chi connectivity index (χ3v) is 4.56. The smallest absolute Gasteiger partial charge is 0.239 e. The van der Waals surface area contributed by atoms with E-state index in [0.717, 1.165) is 27.7 Å². The van der Waals surface area contributed by atoms with E-state index in [1.165, 1.54) is 5.39 Å². The second-order valence-corrected chi connectivity index (χ2v) is 6.31. The number of aromatic nitrogens is 2. The molecule has 2 heterocycles. The standard InChI is InChI=1S/C21H23N5O.H2/c1-22-26(2)23-12-13-27-21-20-17(16-10-6-7-11-18(16)24-20)14-19(25-21)15-8-4-3-5-9-15;/h3-11,14,22-24H,12-13H2,1-2H3;1H. The van der Waals surface area contributed by atoms with Crippen LogP contribution in [0.3, 0.4) is 0 Å². The lowest BCUT2D eigenvalue weighted by atomic mass is 10.1. The maximum Gasteiger partial charge on any atom is 0.239 e. The van der Waals surface area contributed by atoms with Gasteiger partial charge >= 0.3 is 0 Å². The van der Waals surface area contributed by atoms with E-state index in [-0.39, 0.29) is 1.43 Å². The largest absolute Gasteiger partial charge is 0.475 e. The van der Waals surface area contributed by atoms with Crippen LogP contribution in [0.2, 0.25) is 0 Å². The van der Waals surface area contributed by atoms with Crippen molar-refractivity contribution in [1.82, 2.24) is 25.9 Å². The highest BCUT2D eigenvalue weighted by Gasteiger charge is 2.13. The maximum absolute atomic E-state index is 6.05. The van der Waals surface area contributed by atoms with Gasteiger partial charge in [0.05, 0.1) is 5.69 Å².